The Bertz CT molecular complexity index is 879. The van der Waals surface area contributed by atoms with Crippen LogP contribution in [0, 0.1) is 0 Å². The summed E-state index contributed by atoms with van der Waals surface area (Å²) in [5, 5.41) is 0. The van der Waals surface area contributed by atoms with E-state index in [0.717, 1.165) is 64.2 Å². The lowest BCUT2D eigenvalue weighted by Gasteiger charge is -2.18. The van der Waals surface area contributed by atoms with Gasteiger partial charge in [-0.25, -0.2) is 4.57 Å². The van der Waals surface area contributed by atoms with Crippen molar-refractivity contribution in [2.45, 2.75) is 187 Å². The molecule has 2 N–H and O–H groups in total. The fraction of sp³-hybridized carbons (Fsp3) is 0.795. The molecular formula is C39H71O8P. The van der Waals surface area contributed by atoms with Gasteiger partial charge in [-0.2, -0.15) is 0 Å². The first-order valence-corrected chi connectivity index (χ1v) is 20.8. The van der Waals surface area contributed by atoms with E-state index in [1.807, 2.05) is 0 Å². The van der Waals surface area contributed by atoms with Crippen molar-refractivity contribution in [2.24, 2.45) is 0 Å². The Morgan fingerprint density at radius 1 is 0.542 bits per heavy atom. The van der Waals surface area contributed by atoms with Gasteiger partial charge in [-0.1, -0.05) is 140 Å². The highest BCUT2D eigenvalue weighted by atomic mass is 31.2. The fourth-order valence-corrected chi connectivity index (χ4v) is 5.60. The minimum absolute atomic E-state index is 0.188. The zero-order valence-corrected chi connectivity index (χ0v) is 31.5. The van der Waals surface area contributed by atoms with Crippen LogP contribution < -0.4 is 0 Å². The molecule has 0 aromatic carbocycles. The zero-order valence-electron chi connectivity index (χ0n) is 30.6. The average molecular weight is 699 g/mol. The molecule has 0 bridgehead atoms. The summed E-state index contributed by atoms with van der Waals surface area (Å²) in [5.41, 5.74) is 0. The van der Waals surface area contributed by atoms with Crippen LogP contribution in [0.2, 0.25) is 0 Å². The summed E-state index contributed by atoms with van der Waals surface area (Å²) in [6, 6.07) is 0. The lowest BCUT2D eigenvalue weighted by atomic mass is 10.1. The standard InChI is InChI=1S/C39H71O8P/c1-3-5-7-9-11-13-15-17-19-21-23-25-27-29-31-33-38(40)45-35-37(36-46-48(42,43)44)47-39(41)34-32-30-28-26-24-22-20-18-16-14-12-10-8-6-4-2/h13,15,17,19,22,24,37H,3-12,14,16,18,20-21,23,25-36H2,1-2H3,(H2,42,43,44)/b15-13+,19-17+,24-22+/t37-/m1/s1. The number of hydrogen-bond acceptors (Lipinski definition) is 6. The Labute approximate surface area is 293 Å². The largest absolute Gasteiger partial charge is 0.469 e. The number of esters is 2. The van der Waals surface area contributed by atoms with Gasteiger partial charge in [-0.3, -0.25) is 14.1 Å². The summed E-state index contributed by atoms with van der Waals surface area (Å²) in [7, 11) is -4.76. The summed E-state index contributed by atoms with van der Waals surface area (Å²) >= 11 is 0. The third kappa shape index (κ3) is 37.1. The van der Waals surface area contributed by atoms with E-state index in [2.05, 4.69) is 54.8 Å². The number of rotatable bonds is 35. The highest BCUT2D eigenvalue weighted by Gasteiger charge is 2.22. The minimum atomic E-state index is -4.76. The van der Waals surface area contributed by atoms with Gasteiger partial charge in [0.25, 0.3) is 0 Å². The fourth-order valence-electron chi connectivity index (χ4n) is 5.24. The highest BCUT2D eigenvalue weighted by molar-refractivity contribution is 7.46. The molecule has 0 unspecified atom stereocenters. The molecule has 0 amide bonds. The van der Waals surface area contributed by atoms with Crippen molar-refractivity contribution < 1.29 is 37.9 Å². The summed E-state index contributed by atoms with van der Waals surface area (Å²) < 4.78 is 26.3. The maximum atomic E-state index is 12.4. The van der Waals surface area contributed by atoms with Crippen LogP contribution in [0.3, 0.4) is 0 Å². The Hall–Kier alpha value is -1.73. The lowest BCUT2D eigenvalue weighted by Crippen LogP contribution is -2.29. The van der Waals surface area contributed by atoms with Gasteiger partial charge in [-0.15, -0.1) is 0 Å². The van der Waals surface area contributed by atoms with E-state index in [0.29, 0.717) is 12.8 Å². The van der Waals surface area contributed by atoms with Crippen LogP contribution in [-0.4, -0.2) is 41.0 Å². The van der Waals surface area contributed by atoms with Gasteiger partial charge in [-0.05, 0) is 64.2 Å². The summed E-state index contributed by atoms with van der Waals surface area (Å²) in [5.74, 6) is -0.920. The molecule has 0 aliphatic carbocycles. The first kappa shape index (κ1) is 46.3. The third-order valence-corrected chi connectivity index (χ3v) is 8.64. The molecule has 48 heavy (non-hydrogen) atoms. The second kappa shape index (κ2) is 35.1. The Balaban J connectivity index is 4.01. The van der Waals surface area contributed by atoms with Crippen LogP contribution in [0.4, 0.5) is 0 Å². The number of ether oxygens (including phenoxy) is 2. The van der Waals surface area contributed by atoms with E-state index < -0.39 is 32.5 Å². The van der Waals surface area contributed by atoms with Crippen molar-refractivity contribution in [2.75, 3.05) is 13.2 Å². The number of hydrogen-bond donors (Lipinski definition) is 2. The molecule has 0 saturated carbocycles. The molecule has 0 aliphatic rings. The zero-order chi connectivity index (χ0) is 35.4. The monoisotopic (exact) mass is 698 g/mol. The molecule has 280 valence electrons. The summed E-state index contributed by atoms with van der Waals surface area (Å²) in [6.45, 7) is 3.63. The topological polar surface area (TPSA) is 119 Å². The quantitative estimate of drug-likeness (QED) is 0.0221. The molecule has 0 aromatic rings. The van der Waals surface area contributed by atoms with Crippen LogP contribution >= 0.6 is 7.82 Å². The van der Waals surface area contributed by atoms with Crippen LogP contribution in [0.1, 0.15) is 181 Å². The van der Waals surface area contributed by atoms with Crippen molar-refractivity contribution in [3.05, 3.63) is 36.5 Å². The lowest BCUT2D eigenvalue weighted by molar-refractivity contribution is -0.161. The molecule has 0 saturated heterocycles. The smallest absolute Gasteiger partial charge is 0.462 e. The third-order valence-electron chi connectivity index (χ3n) is 8.16. The van der Waals surface area contributed by atoms with Crippen molar-refractivity contribution in [3.8, 4) is 0 Å². The van der Waals surface area contributed by atoms with Gasteiger partial charge in [0.2, 0.25) is 0 Å². The maximum absolute atomic E-state index is 12.4. The van der Waals surface area contributed by atoms with E-state index in [4.69, 9.17) is 19.3 Å². The number of phosphoric ester groups is 1. The molecule has 0 rings (SSSR count). The predicted molar refractivity (Wildman–Crippen MR) is 198 cm³/mol. The van der Waals surface area contributed by atoms with Crippen molar-refractivity contribution >= 4 is 19.8 Å². The van der Waals surface area contributed by atoms with Gasteiger partial charge in [0.1, 0.15) is 6.61 Å². The van der Waals surface area contributed by atoms with E-state index in [9.17, 15) is 14.2 Å². The molecule has 1 atom stereocenters. The van der Waals surface area contributed by atoms with Crippen molar-refractivity contribution in [3.63, 3.8) is 0 Å². The minimum Gasteiger partial charge on any atom is -0.462 e. The van der Waals surface area contributed by atoms with Gasteiger partial charge in [0.05, 0.1) is 6.61 Å². The first-order chi connectivity index (χ1) is 23.3. The van der Waals surface area contributed by atoms with Gasteiger partial charge >= 0.3 is 19.8 Å². The van der Waals surface area contributed by atoms with E-state index in [1.54, 1.807) is 0 Å². The van der Waals surface area contributed by atoms with Crippen molar-refractivity contribution in [1.82, 2.24) is 0 Å². The second-order valence-electron chi connectivity index (χ2n) is 12.9. The van der Waals surface area contributed by atoms with Gasteiger partial charge < -0.3 is 19.3 Å². The normalized spacial score (nSPS) is 12.8. The molecule has 9 heteroatoms. The number of phosphoric acid groups is 1. The summed E-state index contributed by atoms with van der Waals surface area (Å²) in [4.78, 5) is 42.7. The van der Waals surface area contributed by atoms with Gasteiger partial charge in [0, 0.05) is 12.8 Å². The van der Waals surface area contributed by atoms with Gasteiger partial charge in [0.15, 0.2) is 6.10 Å². The van der Waals surface area contributed by atoms with E-state index in [1.165, 1.54) is 77.0 Å². The van der Waals surface area contributed by atoms with E-state index >= 15 is 0 Å². The Kier molecular flexibility index (Phi) is 33.8. The first-order valence-electron chi connectivity index (χ1n) is 19.3. The molecule has 0 fully saturated rings. The van der Waals surface area contributed by atoms with Crippen LogP contribution in [0.15, 0.2) is 36.5 Å². The molecule has 0 radical (unpaired) electrons. The number of unbranched alkanes of at least 4 members (excludes halogenated alkanes) is 20. The molecule has 0 heterocycles. The Morgan fingerprint density at radius 3 is 1.44 bits per heavy atom. The molecular weight excluding hydrogens is 627 g/mol. The average Bonchev–Trinajstić information content (AvgIpc) is 3.05. The predicted octanol–water partition coefficient (Wildman–Crippen LogP) is 11.4. The van der Waals surface area contributed by atoms with Crippen LogP contribution in [-0.2, 0) is 28.2 Å². The highest BCUT2D eigenvalue weighted by Crippen LogP contribution is 2.36. The molecule has 0 spiro atoms. The second-order valence-corrected chi connectivity index (χ2v) is 14.2. The Morgan fingerprint density at radius 2 is 0.938 bits per heavy atom. The molecule has 0 aromatic heterocycles. The van der Waals surface area contributed by atoms with Crippen LogP contribution in [0.5, 0.6) is 0 Å². The van der Waals surface area contributed by atoms with Crippen LogP contribution in [0.25, 0.3) is 0 Å². The number of carbonyl (C=O) groups excluding carboxylic acids is 2. The molecule has 0 aliphatic heterocycles. The SMILES string of the molecule is CCCCCC/C=C/C=C/CCCCCCCC(=O)OC[C@H](COP(=O)(O)O)OC(=O)CCCCC/C=C/CCCCCCCCCC. The van der Waals surface area contributed by atoms with Crippen molar-refractivity contribution in [1.29, 1.82) is 0 Å². The number of allylic oxidation sites excluding steroid dienone is 6. The summed E-state index contributed by atoms with van der Waals surface area (Å²) in [6.07, 6.45) is 40.0. The molecule has 8 nitrogen and oxygen atoms in total. The number of carbonyl (C=O) groups is 2. The maximum Gasteiger partial charge on any atom is 0.469 e. The van der Waals surface area contributed by atoms with E-state index in [-0.39, 0.29) is 19.4 Å².